The zero-order chi connectivity index (χ0) is 17.8. The number of hydrogen-bond donors (Lipinski definition) is 1. The zero-order valence-corrected chi connectivity index (χ0v) is 15.9. The van der Waals surface area contributed by atoms with Crippen LogP contribution in [-0.4, -0.2) is 28.5 Å². The van der Waals surface area contributed by atoms with Crippen molar-refractivity contribution in [1.29, 1.82) is 0 Å². The second-order valence-electron chi connectivity index (χ2n) is 6.46. The maximum Gasteiger partial charge on any atom is 0.243 e. The van der Waals surface area contributed by atoms with Crippen LogP contribution in [0.25, 0.3) is 0 Å². The summed E-state index contributed by atoms with van der Waals surface area (Å²) in [5.41, 5.74) is 1.09. The summed E-state index contributed by atoms with van der Waals surface area (Å²) < 4.78 is 5.27. The van der Waals surface area contributed by atoms with E-state index in [9.17, 15) is 9.59 Å². The molecule has 3 heterocycles. The van der Waals surface area contributed by atoms with E-state index in [-0.39, 0.29) is 17.2 Å². The second kappa shape index (κ2) is 8.10. The van der Waals surface area contributed by atoms with Gasteiger partial charge in [-0.1, -0.05) is 13.8 Å². The zero-order valence-electron chi connectivity index (χ0n) is 14.3. The van der Waals surface area contributed by atoms with Gasteiger partial charge in [0.1, 0.15) is 17.2 Å². The van der Waals surface area contributed by atoms with Crippen LogP contribution in [0.2, 0.25) is 0 Å². The Morgan fingerprint density at radius 2 is 2.28 bits per heavy atom. The summed E-state index contributed by atoms with van der Waals surface area (Å²) in [4.78, 5) is 27.2. The van der Waals surface area contributed by atoms with Crippen molar-refractivity contribution in [3.05, 3.63) is 46.5 Å². The molecule has 1 fully saturated rings. The van der Waals surface area contributed by atoms with Gasteiger partial charge in [0.05, 0.1) is 18.6 Å². The quantitative estimate of drug-likeness (QED) is 0.799. The number of furan rings is 1. The van der Waals surface area contributed by atoms with E-state index in [2.05, 4.69) is 24.5 Å². The summed E-state index contributed by atoms with van der Waals surface area (Å²) in [6.07, 6.45) is 2.22. The molecule has 0 bridgehead atoms. The second-order valence-corrected chi connectivity index (χ2v) is 8.31. The predicted octanol–water partition coefficient (Wildman–Crippen LogP) is 3.65. The van der Waals surface area contributed by atoms with Crippen molar-refractivity contribution in [2.45, 2.75) is 38.2 Å². The van der Waals surface area contributed by atoms with Crippen molar-refractivity contribution in [3.63, 3.8) is 0 Å². The van der Waals surface area contributed by atoms with Gasteiger partial charge in [-0.05, 0) is 46.9 Å². The van der Waals surface area contributed by atoms with Crippen molar-refractivity contribution in [2.24, 2.45) is 5.92 Å². The van der Waals surface area contributed by atoms with Crippen LogP contribution in [0.1, 0.15) is 37.0 Å². The molecule has 1 saturated heterocycles. The van der Waals surface area contributed by atoms with Crippen LogP contribution < -0.4 is 5.32 Å². The third kappa shape index (κ3) is 4.27. The number of hydrogen-bond acceptors (Lipinski definition) is 5. The summed E-state index contributed by atoms with van der Waals surface area (Å²) in [6, 6.07) is 5.17. The predicted molar refractivity (Wildman–Crippen MR) is 100 cm³/mol. The minimum Gasteiger partial charge on any atom is -0.467 e. The highest BCUT2D eigenvalue weighted by Gasteiger charge is 2.41. The highest BCUT2D eigenvalue weighted by molar-refractivity contribution is 8.00. The molecule has 0 saturated carbocycles. The van der Waals surface area contributed by atoms with E-state index in [4.69, 9.17) is 4.42 Å². The number of nitrogens with zero attached hydrogens (tertiary/aromatic N) is 1. The summed E-state index contributed by atoms with van der Waals surface area (Å²) in [6.45, 7) is 4.47. The van der Waals surface area contributed by atoms with Gasteiger partial charge in [0.2, 0.25) is 11.8 Å². The SMILES string of the molecule is CC(C)C[C@@H](C(=O)NCc1ccco1)N1C(=O)CS[C@H]1c1ccsc1. The van der Waals surface area contributed by atoms with Gasteiger partial charge in [-0.2, -0.15) is 11.3 Å². The molecule has 25 heavy (non-hydrogen) atoms. The maximum atomic E-state index is 12.9. The monoisotopic (exact) mass is 378 g/mol. The van der Waals surface area contributed by atoms with Gasteiger partial charge in [-0.3, -0.25) is 9.59 Å². The molecule has 0 spiro atoms. The standard InChI is InChI=1S/C18H22N2O3S2/c1-12(2)8-15(17(22)19-9-14-4-3-6-23-14)20-16(21)11-25-18(20)13-5-7-24-10-13/h3-7,10,12,15,18H,8-9,11H2,1-2H3,(H,19,22)/t15-,18-/m0/s1. The van der Waals surface area contributed by atoms with E-state index in [1.165, 1.54) is 0 Å². The first-order chi connectivity index (χ1) is 12.1. The van der Waals surface area contributed by atoms with Crippen LogP contribution in [0, 0.1) is 5.92 Å². The Morgan fingerprint density at radius 3 is 2.92 bits per heavy atom. The smallest absolute Gasteiger partial charge is 0.243 e. The van der Waals surface area contributed by atoms with Crippen molar-refractivity contribution >= 4 is 34.9 Å². The Labute approximate surface area is 155 Å². The summed E-state index contributed by atoms with van der Waals surface area (Å²) in [7, 11) is 0. The van der Waals surface area contributed by atoms with E-state index < -0.39 is 6.04 Å². The van der Waals surface area contributed by atoms with E-state index in [1.807, 2.05) is 17.5 Å². The molecule has 1 aliphatic rings. The molecular weight excluding hydrogens is 356 g/mol. The molecular formula is C18H22N2O3S2. The van der Waals surface area contributed by atoms with Gasteiger partial charge >= 0.3 is 0 Å². The molecule has 1 aliphatic heterocycles. The maximum absolute atomic E-state index is 12.9. The molecule has 1 N–H and O–H groups in total. The highest BCUT2D eigenvalue weighted by Crippen LogP contribution is 2.41. The lowest BCUT2D eigenvalue weighted by molar-refractivity contribution is -0.139. The molecule has 2 atom stereocenters. The van der Waals surface area contributed by atoms with Gasteiger partial charge in [-0.15, -0.1) is 11.8 Å². The Hall–Kier alpha value is -1.73. The molecule has 0 aliphatic carbocycles. The van der Waals surface area contributed by atoms with Crippen LogP contribution in [0.15, 0.2) is 39.6 Å². The normalized spacial score (nSPS) is 18.8. The van der Waals surface area contributed by atoms with Gasteiger partial charge < -0.3 is 14.6 Å². The first kappa shape index (κ1) is 18.1. The number of amides is 2. The molecule has 0 aromatic carbocycles. The van der Waals surface area contributed by atoms with Gasteiger partial charge in [-0.25, -0.2) is 0 Å². The largest absolute Gasteiger partial charge is 0.467 e. The summed E-state index contributed by atoms with van der Waals surface area (Å²) >= 11 is 3.20. The third-order valence-electron chi connectivity index (χ3n) is 4.08. The Morgan fingerprint density at radius 1 is 1.44 bits per heavy atom. The fraction of sp³-hybridized carbons (Fsp3) is 0.444. The minimum absolute atomic E-state index is 0.0278. The third-order valence-corrected chi connectivity index (χ3v) is 6.01. The molecule has 2 aromatic heterocycles. The van der Waals surface area contributed by atoms with Gasteiger partial charge in [0.15, 0.2) is 0 Å². The lowest BCUT2D eigenvalue weighted by Crippen LogP contribution is -2.49. The molecule has 0 unspecified atom stereocenters. The average molecular weight is 379 g/mol. The highest BCUT2D eigenvalue weighted by atomic mass is 32.2. The lowest BCUT2D eigenvalue weighted by atomic mass is 10.0. The van der Waals surface area contributed by atoms with Crippen LogP contribution in [0.5, 0.6) is 0 Å². The summed E-state index contributed by atoms with van der Waals surface area (Å²) in [5.74, 6) is 1.33. The number of thiophene rings is 1. The van der Waals surface area contributed by atoms with E-state index in [0.29, 0.717) is 30.4 Å². The molecule has 5 nitrogen and oxygen atoms in total. The number of carbonyl (C=O) groups excluding carboxylic acids is 2. The fourth-order valence-corrected chi connectivity index (χ4v) is 4.92. The number of carbonyl (C=O) groups is 2. The Kier molecular flexibility index (Phi) is 5.86. The van der Waals surface area contributed by atoms with Crippen LogP contribution in [0.3, 0.4) is 0 Å². The van der Waals surface area contributed by atoms with E-state index in [1.54, 1.807) is 40.3 Å². The average Bonchev–Trinajstić information content (AvgIpc) is 3.31. The molecule has 134 valence electrons. The number of rotatable bonds is 7. The first-order valence-electron chi connectivity index (χ1n) is 8.31. The van der Waals surface area contributed by atoms with E-state index in [0.717, 1.165) is 5.56 Å². The van der Waals surface area contributed by atoms with Crippen molar-refractivity contribution in [2.75, 3.05) is 5.75 Å². The first-order valence-corrected chi connectivity index (χ1v) is 10.3. The minimum atomic E-state index is -0.470. The Balaban J connectivity index is 1.78. The Bertz CT molecular complexity index is 698. The molecule has 0 radical (unpaired) electrons. The number of nitrogens with one attached hydrogen (secondary N) is 1. The molecule has 2 amide bonds. The molecule has 3 rings (SSSR count). The fourth-order valence-electron chi connectivity index (χ4n) is 2.94. The van der Waals surface area contributed by atoms with E-state index >= 15 is 0 Å². The van der Waals surface area contributed by atoms with Crippen molar-refractivity contribution < 1.29 is 14.0 Å². The van der Waals surface area contributed by atoms with Crippen LogP contribution in [0.4, 0.5) is 0 Å². The van der Waals surface area contributed by atoms with Crippen LogP contribution >= 0.6 is 23.1 Å². The lowest BCUT2D eigenvalue weighted by Gasteiger charge is -2.32. The van der Waals surface area contributed by atoms with Gasteiger partial charge in [0, 0.05) is 0 Å². The summed E-state index contributed by atoms with van der Waals surface area (Å²) in [5, 5.41) is 6.89. The van der Waals surface area contributed by atoms with Crippen molar-refractivity contribution in [1.82, 2.24) is 10.2 Å². The topological polar surface area (TPSA) is 62.6 Å². The van der Waals surface area contributed by atoms with Crippen molar-refractivity contribution in [3.8, 4) is 0 Å². The van der Waals surface area contributed by atoms with Crippen LogP contribution in [-0.2, 0) is 16.1 Å². The molecule has 7 heteroatoms. The molecule has 2 aromatic rings. The van der Waals surface area contributed by atoms with Gasteiger partial charge in [0.25, 0.3) is 0 Å². The number of thioether (sulfide) groups is 1.